The van der Waals surface area contributed by atoms with Crippen molar-refractivity contribution in [1.82, 2.24) is 0 Å². The number of rotatable bonds is 3. The maximum atomic E-state index is 11.2. The van der Waals surface area contributed by atoms with Crippen LogP contribution in [0.1, 0.15) is 61.9 Å². The standard InChI is InChI=1S/C17H26N2O/c1-12-11-13(16(18)20)6-7-15(12)19-14-5-4-9-17(2,3)10-8-14/h6-7,11,14,19H,4-5,8-10H2,1-3H3,(H2,18,20). The first-order chi connectivity index (χ1) is 9.37. The largest absolute Gasteiger partial charge is 0.382 e. The summed E-state index contributed by atoms with van der Waals surface area (Å²) in [5.74, 6) is -0.365. The molecule has 1 atom stereocenters. The second kappa shape index (κ2) is 5.86. The number of carbonyl (C=O) groups excluding carboxylic acids is 1. The molecular formula is C17H26N2O. The van der Waals surface area contributed by atoms with Gasteiger partial charge < -0.3 is 11.1 Å². The zero-order valence-electron chi connectivity index (χ0n) is 12.8. The van der Waals surface area contributed by atoms with Gasteiger partial charge in [-0.2, -0.15) is 0 Å². The van der Waals surface area contributed by atoms with Gasteiger partial charge in [0.05, 0.1) is 0 Å². The van der Waals surface area contributed by atoms with Crippen LogP contribution in [0.2, 0.25) is 0 Å². The fourth-order valence-electron chi connectivity index (χ4n) is 3.00. The number of amides is 1. The highest BCUT2D eigenvalue weighted by Crippen LogP contribution is 2.35. The van der Waals surface area contributed by atoms with Crippen LogP contribution in [0.3, 0.4) is 0 Å². The molecule has 2 rings (SSSR count). The lowest BCUT2D eigenvalue weighted by Crippen LogP contribution is -2.20. The van der Waals surface area contributed by atoms with Crippen molar-refractivity contribution in [2.75, 3.05) is 5.32 Å². The van der Waals surface area contributed by atoms with Gasteiger partial charge in [-0.05, 0) is 61.8 Å². The Labute approximate surface area is 121 Å². The van der Waals surface area contributed by atoms with Crippen LogP contribution in [0.4, 0.5) is 5.69 Å². The molecule has 1 aromatic carbocycles. The summed E-state index contributed by atoms with van der Waals surface area (Å²) >= 11 is 0. The first kappa shape index (κ1) is 14.9. The molecular weight excluding hydrogens is 248 g/mol. The summed E-state index contributed by atoms with van der Waals surface area (Å²) in [5.41, 5.74) is 8.57. The van der Waals surface area contributed by atoms with Crippen molar-refractivity contribution in [2.24, 2.45) is 11.1 Å². The highest BCUT2D eigenvalue weighted by Gasteiger charge is 2.24. The number of anilines is 1. The van der Waals surface area contributed by atoms with E-state index < -0.39 is 0 Å². The summed E-state index contributed by atoms with van der Waals surface area (Å²) in [6.07, 6.45) is 6.29. The third kappa shape index (κ3) is 3.75. The van der Waals surface area contributed by atoms with Gasteiger partial charge in [0.2, 0.25) is 5.91 Å². The zero-order valence-corrected chi connectivity index (χ0v) is 12.8. The van der Waals surface area contributed by atoms with E-state index in [0.717, 1.165) is 11.3 Å². The molecule has 0 saturated heterocycles. The van der Waals surface area contributed by atoms with Crippen molar-refractivity contribution < 1.29 is 4.79 Å². The molecule has 1 aliphatic rings. The fourth-order valence-corrected chi connectivity index (χ4v) is 3.00. The molecule has 20 heavy (non-hydrogen) atoms. The summed E-state index contributed by atoms with van der Waals surface area (Å²) in [6, 6.07) is 6.18. The Morgan fingerprint density at radius 1 is 1.30 bits per heavy atom. The van der Waals surface area contributed by atoms with Gasteiger partial charge in [0.15, 0.2) is 0 Å². The van der Waals surface area contributed by atoms with Crippen LogP contribution in [0.25, 0.3) is 0 Å². The third-order valence-electron chi connectivity index (χ3n) is 4.45. The molecule has 1 fully saturated rings. The fraction of sp³-hybridized carbons (Fsp3) is 0.588. The van der Waals surface area contributed by atoms with Crippen molar-refractivity contribution in [2.45, 2.75) is 58.9 Å². The lowest BCUT2D eigenvalue weighted by molar-refractivity contribution is 0.1000. The van der Waals surface area contributed by atoms with Crippen LogP contribution in [-0.4, -0.2) is 11.9 Å². The lowest BCUT2D eigenvalue weighted by Gasteiger charge is -2.23. The van der Waals surface area contributed by atoms with Gasteiger partial charge in [0.25, 0.3) is 0 Å². The molecule has 1 saturated carbocycles. The highest BCUT2D eigenvalue weighted by molar-refractivity contribution is 5.93. The molecule has 1 amide bonds. The Bertz CT molecular complexity index is 494. The minimum Gasteiger partial charge on any atom is -0.382 e. The Morgan fingerprint density at radius 2 is 2.05 bits per heavy atom. The maximum Gasteiger partial charge on any atom is 0.248 e. The predicted octanol–water partition coefficient (Wildman–Crippen LogP) is 3.86. The Balaban J connectivity index is 2.05. The molecule has 0 radical (unpaired) electrons. The van der Waals surface area contributed by atoms with Crippen molar-refractivity contribution in [3.63, 3.8) is 0 Å². The monoisotopic (exact) mass is 274 g/mol. The van der Waals surface area contributed by atoms with Crippen molar-refractivity contribution >= 4 is 11.6 Å². The number of nitrogens with one attached hydrogen (secondary N) is 1. The van der Waals surface area contributed by atoms with Gasteiger partial charge in [-0.1, -0.05) is 20.3 Å². The zero-order chi connectivity index (χ0) is 14.8. The highest BCUT2D eigenvalue weighted by atomic mass is 16.1. The number of carbonyl (C=O) groups is 1. The average molecular weight is 274 g/mol. The SMILES string of the molecule is Cc1cc(C(N)=O)ccc1NC1CCCC(C)(C)CC1. The number of primary amides is 1. The van der Waals surface area contributed by atoms with Crippen LogP contribution >= 0.6 is 0 Å². The van der Waals surface area contributed by atoms with Crippen LogP contribution in [-0.2, 0) is 0 Å². The first-order valence-corrected chi connectivity index (χ1v) is 7.54. The summed E-state index contributed by atoms with van der Waals surface area (Å²) in [4.78, 5) is 11.2. The number of hydrogen-bond acceptors (Lipinski definition) is 2. The van der Waals surface area contributed by atoms with E-state index in [4.69, 9.17) is 5.73 Å². The molecule has 0 aliphatic heterocycles. The molecule has 1 aromatic rings. The van der Waals surface area contributed by atoms with E-state index >= 15 is 0 Å². The van der Waals surface area contributed by atoms with Gasteiger partial charge in [-0.15, -0.1) is 0 Å². The smallest absolute Gasteiger partial charge is 0.248 e. The molecule has 3 heteroatoms. The molecule has 0 bridgehead atoms. The molecule has 1 aliphatic carbocycles. The molecule has 1 unspecified atom stereocenters. The lowest BCUT2D eigenvalue weighted by atomic mass is 9.85. The minimum absolute atomic E-state index is 0.365. The topological polar surface area (TPSA) is 55.1 Å². The second-order valence-electron chi connectivity index (χ2n) is 6.83. The van der Waals surface area contributed by atoms with Crippen LogP contribution in [0.5, 0.6) is 0 Å². The van der Waals surface area contributed by atoms with Gasteiger partial charge in [0.1, 0.15) is 0 Å². The number of benzene rings is 1. The summed E-state index contributed by atoms with van der Waals surface area (Å²) < 4.78 is 0. The number of aryl methyl sites for hydroxylation is 1. The Hall–Kier alpha value is -1.51. The van der Waals surface area contributed by atoms with Crippen molar-refractivity contribution in [1.29, 1.82) is 0 Å². The molecule has 0 aromatic heterocycles. The normalized spacial score (nSPS) is 22.1. The molecule has 0 spiro atoms. The van der Waals surface area contributed by atoms with E-state index in [1.807, 2.05) is 19.1 Å². The van der Waals surface area contributed by atoms with E-state index in [1.54, 1.807) is 6.07 Å². The summed E-state index contributed by atoms with van der Waals surface area (Å²) in [5, 5.41) is 3.64. The van der Waals surface area contributed by atoms with E-state index in [-0.39, 0.29) is 5.91 Å². The van der Waals surface area contributed by atoms with Crippen LogP contribution in [0, 0.1) is 12.3 Å². The molecule has 3 nitrogen and oxygen atoms in total. The minimum atomic E-state index is -0.365. The molecule has 110 valence electrons. The van der Waals surface area contributed by atoms with Crippen molar-refractivity contribution in [3.05, 3.63) is 29.3 Å². The quantitative estimate of drug-likeness (QED) is 0.822. The molecule has 3 N–H and O–H groups in total. The first-order valence-electron chi connectivity index (χ1n) is 7.54. The number of nitrogens with two attached hydrogens (primary N) is 1. The third-order valence-corrected chi connectivity index (χ3v) is 4.45. The van der Waals surface area contributed by atoms with E-state index in [9.17, 15) is 4.79 Å². The van der Waals surface area contributed by atoms with Crippen LogP contribution < -0.4 is 11.1 Å². The van der Waals surface area contributed by atoms with Gasteiger partial charge in [-0.3, -0.25) is 4.79 Å². The Kier molecular flexibility index (Phi) is 4.36. The summed E-state index contributed by atoms with van der Waals surface area (Å²) in [7, 11) is 0. The summed E-state index contributed by atoms with van der Waals surface area (Å²) in [6.45, 7) is 6.75. The maximum absolute atomic E-state index is 11.2. The van der Waals surface area contributed by atoms with Gasteiger partial charge >= 0.3 is 0 Å². The van der Waals surface area contributed by atoms with Crippen molar-refractivity contribution in [3.8, 4) is 0 Å². The molecule has 0 heterocycles. The average Bonchev–Trinajstić information content (AvgIpc) is 2.53. The second-order valence-corrected chi connectivity index (χ2v) is 6.83. The van der Waals surface area contributed by atoms with E-state index in [0.29, 0.717) is 17.0 Å². The van der Waals surface area contributed by atoms with E-state index in [2.05, 4.69) is 19.2 Å². The van der Waals surface area contributed by atoms with Gasteiger partial charge in [-0.25, -0.2) is 0 Å². The predicted molar refractivity (Wildman–Crippen MR) is 84.0 cm³/mol. The van der Waals surface area contributed by atoms with Gasteiger partial charge in [0, 0.05) is 17.3 Å². The van der Waals surface area contributed by atoms with E-state index in [1.165, 1.54) is 32.1 Å². The Morgan fingerprint density at radius 3 is 2.70 bits per heavy atom. The number of hydrogen-bond donors (Lipinski definition) is 2. The van der Waals surface area contributed by atoms with Crippen LogP contribution in [0.15, 0.2) is 18.2 Å².